The first-order valence-electron chi connectivity index (χ1n) is 12.1. The van der Waals surface area contributed by atoms with Crippen LogP contribution in [0.15, 0.2) is 48.7 Å². The van der Waals surface area contributed by atoms with Crippen molar-refractivity contribution in [1.29, 1.82) is 0 Å². The lowest BCUT2D eigenvalue weighted by Crippen LogP contribution is -2.37. The van der Waals surface area contributed by atoms with Gasteiger partial charge in [-0.3, -0.25) is 4.79 Å². The summed E-state index contributed by atoms with van der Waals surface area (Å²) >= 11 is 6.28. The Bertz CT molecular complexity index is 1110. The number of carbonyl (C=O) groups excluding carboxylic acids is 1. The van der Waals surface area contributed by atoms with Crippen LogP contribution in [-0.2, 0) is 13.5 Å². The van der Waals surface area contributed by atoms with Gasteiger partial charge in [-0.2, -0.15) is 0 Å². The first-order chi connectivity index (χ1) is 16.9. The van der Waals surface area contributed by atoms with Crippen molar-refractivity contribution in [1.82, 2.24) is 14.9 Å². The van der Waals surface area contributed by atoms with Gasteiger partial charge in [-0.15, -0.1) is 0 Å². The Kier molecular flexibility index (Phi) is 9.72. The lowest BCUT2D eigenvalue weighted by Gasteiger charge is -2.18. The number of imidazole rings is 1. The number of nitrogens with two attached hydrogens (primary N) is 1. The number of nitrogens with zero attached hydrogens (tertiary/aromatic N) is 2. The zero-order valence-electron chi connectivity index (χ0n) is 20.6. The minimum atomic E-state index is -0.239. The second-order valence-electron chi connectivity index (χ2n) is 8.69. The van der Waals surface area contributed by atoms with Gasteiger partial charge in [0.25, 0.3) is 5.91 Å². The van der Waals surface area contributed by atoms with E-state index in [0.717, 1.165) is 35.5 Å². The Labute approximate surface area is 212 Å². The van der Waals surface area contributed by atoms with E-state index in [1.807, 2.05) is 55.9 Å². The SMILES string of the molecule is CCCOc1ccc(C(=O)N[C@H](CCO)Cc2ccc(-c3cn(C)c([C@H](N)CC)n3)cc2)cc1Cl. The van der Waals surface area contributed by atoms with Gasteiger partial charge in [-0.05, 0) is 49.4 Å². The summed E-state index contributed by atoms with van der Waals surface area (Å²) in [5.74, 6) is 1.19. The van der Waals surface area contributed by atoms with Gasteiger partial charge in [0.1, 0.15) is 11.6 Å². The van der Waals surface area contributed by atoms with E-state index < -0.39 is 0 Å². The molecule has 2 aromatic carbocycles. The first kappa shape index (κ1) is 26.7. The van der Waals surface area contributed by atoms with E-state index in [4.69, 9.17) is 27.1 Å². The van der Waals surface area contributed by atoms with Gasteiger partial charge < -0.3 is 25.5 Å². The molecule has 3 aromatic rings. The molecular formula is C27H35ClN4O3. The summed E-state index contributed by atoms with van der Waals surface area (Å²) in [7, 11) is 1.96. The Morgan fingerprint density at radius 2 is 1.97 bits per heavy atom. The molecule has 3 rings (SSSR count). The number of amides is 1. The van der Waals surface area contributed by atoms with E-state index in [2.05, 4.69) is 5.32 Å². The average Bonchev–Trinajstić information content (AvgIpc) is 3.24. The number of rotatable bonds is 12. The first-order valence-corrected chi connectivity index (χ1v) is 12.5. The second-order valence-corrected chi connectivity index (χ2v) is 9.09. The standard InChI is InChI=1S/C27H35ClN4O3/c1-4-14-35-25-11-10-20(16-22(25)28)27(34)30-21(12-13-33)15-18-6-8-19(9-7-18)24-17-32(3)26(31-24)23(29)5-2/h6-11,16-17,21,23,33H,4-5,12-15,29H2,1-3H3,(H,30,34)/t21-,23-/m1/s1. The van der Waals surface area contributed by atoms with E-state index in [1.165, 1.54) is 0 Å². The average molecular weight is 499 g/mol. The van der Waals surface area contributed by atoms with Crippen molar-refractivity contribution >= 4 is 17.5 Å². The summed E-state index contributed by atoms with van der Waals surface area (Å²) in [5, 5.41) is 13.0. The van der Waals surface area contributed by atoms with E-state index in [1.54, 1.807) is 18.2 Å². The molecule has 4 N–H and O–H groups in total. The molecule has 0 saturated heterocycles. The molecule has 0 spiro atoms. The molecular weight excluding hydrogens is 464 g/mol. The molecule has 8 heteroatoms. The molecule has 35 heavy (non-hydrogen) atoms. The summed E-state index contributed by atoms with van der Waals surface area (Å²) in [5.41, 5.74) is 9.54. The number of aromatic nitrogens is 2. The topological polar surface area (TPSA) is 102 Å². The highest BCUT2D eigenvalue weighted by molar-refractivity contribution is 6.32. The molecule has 0 aliphatic heterocycles. The van der Waals surface area contributed by atoms with E-state index in [-0.39, 0.29) is 24.6 Å². The fraction of sp³-hybridized carbons (Fsp3) is 0.407. The third-order valence-electron chi connectivity index (χ3n) is 5.88. The van der Waals surface area contributed by atoms with Crippen LogP contribution in [0.1, 0.15) is 60.9 Å². The number of hydrogen-bond acceptors (Lipinski definition) is 5. The van der Waals surface area contributed by atoms with Gasteiger partial charge in [-0.25, -0.2) is 4.98 Å². The van der Waals surface area contributed by atoms with Crippen LogP contribution in [0, 0.1) is 0 Å². The quantitative estimate of drug-likeness (QED) is 0.337. The molecule has 188 valence electrons. The molecule has 1 aromatic heterocycles. The molecule has 0 radical (unpaired) electrons. The fourth-order valence-corrected chi connectivity index (χ4v) is 4.10. The Morgan fingerprint density at radius 1 is 1.23 bits per heavy atom. The van der Waals surface area contributed by atoms with Crippen molar-refractivity contribution in [3.8, 4) is 17.0 Å². The van der Waals surface area contributed by atoms with Gasteiger partial charge in [0, 0.05) is 37.0 Å². The summed E-state index contributed by atoms with van der Waals surface area (Å²) in [4.78, 5) is 17.5. The van der Waals surface area contributed by atoms with Crippen molar-refractivity contribution in [3.05, 3.63) is 70.6 Å². The molecule has 2 atom stereocenters. The van der Waals surface area contributed by atoms with Crippen LogP contribution in [0.5, 0.6) is 5.75 Å². The Hall–Kier alpha value is -2.87. The van der Waals surface area contributed by atoms with Crippen LogP contribution in [0.3, 0.4) is 0 Å². The molecule has 0 aliphatic rings. The molecule has 1 amide bonds. The van der Waals surface area contributed by atoms with Gasteiger partial charge >= 0.3 is 0 Å². The van der Waals surface area contributed by atoms with Gasteiger partial charge in [0.05, 0.1) is 23.4 Å². The number of ether oxygens (including phenoxy) is 1. The van der Waals surface area contributed by atoms with Crippen molar-refractivity contribution < 1.29 is 14.6 Å². The van der Waals surface area contributed by atoms with Gasteiger partial charge in [0.15, 0.2) is 0 Å². The zero-order valence-corrected chi connectivity index (χ0v) is 21.4. The molecule has 1 heterocycles. The summed E-state index contributed by atoms with van der Waals surface area (Å²) < 4.78 is 7.55. The molecule has 0 aliphatic carbocycles. The maximum Gasteiger partial charge on any atom is 0.251 e. The lowest BCUT2D eigenvalue weighted by molar-refractivity contribution is 0.0930. The van der Waals surface area contributed by atoms with Crippen LogP contribution >= 0.6 is 11.6 Å². The number of benzene rings is 2. The van der Waals surface area contributed by atoms with Gasteiger partial charge in [-0.1, -0.05) is 49.7 Å². The number of carbonyl (C=O) groups is 1. The van der Waals surface area contributed by atoms with Crippen LogP contribution in [0.4, 0.5) is 0 Å². The van der Waals surface area contributed by atoms with E-state index >= 15 is 0 Å². The number of nitrogens with one attached hydrogen (secondary N) is 1. The normalized spacial score (nSPS) is 12.9. The minimum absolute atomic E-state index is 0.0258. The number of halogens is 1. The molecule has 0 unspecified atom stereocenters. The smallest absolute Gasteiger partial charge is 0.251 e. The van der Waals surface area contributed by atoms with Gasteiger partial charge in [0.2, 0.25) is 0 Å². The number of hydrogen-bond donors (Lipinski definition) is 3. The third kappa shape index (κ3) is 7.07. The lowest BCUT2D eigenvalue weighted by atomic mass is 10.0. The van der Waals surface area contributed by atoms with Crippen molar-refractivity contribution in [2.75, 3.05) is 13.2 Å². The Balaban J connectivity index is 1.67. The highest BCUT2D eigenvalue weighted by Crippen LogP contribution is 2.26. The minimum Gasteiger partial charge on any atom is -0.492 e. The third-order valence-corrected chi connectivity index (χ3v) is 6.18. The number of aliphatic hydroxyl groups is 1. The molecule has 0 fully saturated rings. The summed E-state index contributed by atoms with van der Waals surface area (Å²) in [6, 6.07) is 12.8. The molecule has 7 nitrogen and oxygen atoms in total. The van der Waals surface area contributed by atoms with E-state index in [0.29, 0.717) is 35.8 Å². The van der Waals surface area contributed by atoms with E-state index in [9.17, 15) is 9.90 Å². The molecule has 0 saturated carbocycles. The zero-order chi connectivity index (χ0) is 25.4. The monoisotopic (exact) mass is 498 g/mol. The maximum atomic E-state index is 12.8. The number of aryl methyl sites for hydroxylation is 1. The van der Waals surface area contributed by atoms with Crippen LogP contribution < -0.4 is 15.8 Å². The second kappa shape index (κ2) is 12.7. The highest BCUT2D eigenvalue weighted by Gasteiger charge is 2.17. The fourth-order valence-electron chi connectivity index (χ4n) is 3.86. The van der Waals surface area contributed by atoms with Crippen LogP contribution in [-0.4, -0.2) is 39.8 Å². The Morgan fingerprint density at radius 3 is 2.60 bits per heavy atom. The van der Waals surface area contributed by atoms with Crippen LogP contribution in [0.2, 0.25) is 5.02 Å². The van der Waals surface area contributed by atoms with Crippen molar-refractivity contribution in [2.24, 2.45) is 12.8 Å². The largest absolute Gasteiger partial charge is 0.492 e. The highest BCUT2D eigenvalue weighted by atomic mass is 35.5. The predicted octanol–water partition coefficient (Wildman–Crippen LogP) is 4.66. The summed E-state index contributed by atoms with van der Waals surface area (Å²) in [6.07, 6.45) is 4.71. The predicted molar refractivity (Wildman–Crippen MR) is 140 cm³/mol. The maximum absolute atomic E-state index is 12.8. The molecule has 0 bridgehead atoms. The summed E-state index contributed by atoms with van der Waals surface area (Å²) in [6.45, 7) is 4.60. The number of aliphatic hydroxyl groups excluding tert-OH is 1. The van der Waals surface area contributed by atoms with Crippen LogP contribution in [0.25, 0.3) is 11.3 Å². The van der Waals surface area contributed by atoms with Crippen molar-refractivity contribution in [2.45, 2.75) is 51.6 Å². The van der Waals surface area contributed by atoms with Crippen molar-refractivity contribution in [3.63, 3.8) is 0 Å².